The van der Waals surface area contributed by atoms with Gasteiger partial charge in [-0.2, -0.15) is 0 Å². The summed E-state index contributed by atoms with van der Waals surface area (Å²) in [5, 5.41) is 3.38. The molecule has 1 heterocycles. The quantitative estimate of drug-likeness (QED) is 0.884. The Balaban J connectivity index is 2.26. The van der Waals surface area contributed by atoms with Crippen LogP contribution in [0.1, 0.15) is 25.5 Å². The number of nitrogens with one attached hydrogen (secondary N) is 1. The third-order valence-corrected chi connectivity index (χ3v) is 5.09. The van der Waals surface area contributed by atoms with Gasteiger partial charge in [0.1, 0.15) is 5.75 Å². The second-order valence-electron chi connectivity index (χ2n) is 5.41. The first-order valence-corrected chi connectivity index (χ1v) is 7.75. The highest BCUT2D eigenvalue weighted by molar-refractivity contribution is 7.91. The van der Waals surface area contributed by atoms with Crippen LogP contribution < -0.4 is 10.1 Å². The summed E-state index contributed by atoms with van der Waals surface area (Å²) in [6.07, 6.45) is 0. The lowest BCUT2D eigenvalue weighted by Crippen LogP contribution is -2.54. The van der Waals surface area contributed by atoms with E-state index in [1.807, 2.05) is 38.1 Å². The van der Waals surface area contributed by atoms with E-state index in [1.165, 1.54) is 0 Å². The summed E-state index contributed by atoms with van der Waals surface area (Å²) in [5.74, 6) is 1.12. The molecule has 0 amide bonds. The SMILES string of the molecule is COc1ccc(C2CS(=O)(=O)CC(C)(C)N2)cc1. The van der Waals surface area contributed by atoms with Gasteiger partial charge in [0.25, 0.3) is 0 Å². The van der Waals surface area contributed by atoms with Gasteiger partial charge in [0.05, 0.1) is 18.6 Å². The fraction of sp³-hybridized carbons (Fsp3) is 0.538. The van der Waals surface area contributed by atoms with Gasteiger partial charge in [-0.1, -0.05) is 12.1 Å². The van der Waals surface area contributed by atoms with E-state index >= 15 is 0 Å². The molecule has 0 radical (unpaired) electrons. The fourth-order valence-corrected chi connectivity index (χ4v) is 4.52. The Bertz CT molecular complexity index is 520. The van der Waals surface area contributed by atoms with E-state index in [0.29, 0.717) is 0 Å². The molecule has 100 valence electrons. The molecule has 0 spiro atoms. The Hall–Kier alpha value is -1.07. The zero-order valence-corrected chi connectivity index (χ0v) is 11.8. The van der Waals surface area contributed by atoms with Gasteiger partial charge in [0.2, 0.25) is 0 Å². The van der Waals surface area contributed by atoms with E-state index in [2.05, 4.69) is 5.32 Å². The number of methoxy groups -OCH3 is 1. The van der Waals surface area contributed by atoms with Crippen LogP contribution in [0.5, 0.6) is 5.75 Å². The normalized spacial score (nSPS) is 25.6. The third kappa shape index (κ3) is 3.03. The van der Waals surface area contributed by atoms with Crippen LogP contribution in [-0.2, 0) is 9.84 Å². The van der Waals surface area contributed by atoms with Crippen molar-refractivity contribution in [2.45, 2.75) is 25.4 Å². The van der Waals surface area contributed by atoms with Gasteiger partial charge < -0.3 is 10.1 Å². The number of benzene rings is 1. The smallest absolute Gasteiger partial charge is 0.153 e. The topological polar surface area (TPSA) is 55.4 Å². The van der Waals surface area contributed by atoms with Crippen molar-refractivity contribution in [2.75, 3.05) is 18.6 Å². The summed E-state index contributed by atoms with van der Waals surface area (Å²) >= 11 is 0. The van der Waals surface area contributed by atoms with Crippen LogP contribution in [0, 0.1) is 0 Å². The molecule has 5 heteroatoms. The summed E-state index contributed by atoms with van der Waals surface area (Å²) in [7, 11) is -1.38. The highest BCUT2D eigenvalue weighted by Gasteiger charge is 2.36. The molecule has 1 aromatic rings. The van der Waals surface area contributed by atoms with Crippen LogP contribution in [0.4, 0.5) is 0 Å². The molecule has 4 nitrogen and oxygen atoms in total. The minimum atomic E-state index is -3.00. The summed E-state index contributed by atoms with van der Waals surface area (Å²) in [4.78, 5) is 0. The van der Waals surface area contributed by atoms with Crippen LogP contribution >= 0.6 is 0 Å². The van der Waals surface area contributed by atoms with Crippen LogP contribution in [-0.4, -0.2) is 32.6 Å². The maximum absolute atomic E-state index is 11.9. The molecule has 0 aliphatic carbocycles. The first-order chi connectivity index (χ1) is 8.31. The second-order valence-corrected chi connectivity index (χ2v) is 7.52. The monoisotopic (exact) mass is 269 g/mol. The van der Waals surface area contributed by atoms with Gasteiger partial charge in [0, 0.05) is 11.6 Å². The number of hydrogen-bond acceptors (Lipinski definition) is 4. The number of rotatable bonds is 2. The Kier molecular flexibility index (Phi) is 3.38. The molecule has 1 atom stereocenters. The number of sulfone groups is 1. The van der Waals surface area contributed by atoms with E-state index in [0.717, 1.165) is 11.3 Å². The van der Waals surface area contributed by atoms with E-state index in [9.17, 15) is 8.42 Å². The molecule has 0 aromatic heterocycles. The zero-order chi connectivity index (χ0) is 13.4. The van der Waals surface area contributed by atoms with Crippen molar-refractivity contribution in [3.05, 3.63) is 29.8 Å². The molecular formula is C13H19NO3S. The van der Waals surface area contributed by atoms with Gasteiger partial charge in [-0.3, -0.25) is 0 Å². The summed E-state index contributed by atoms with van der Waals surface area (Å²) in [6.45, 7) is 3.83. The molecule has 1 aliphatic heterocycles. The predicted octanol–water partition coefficient (Wildman–Crippen LogP) is 1.53. The van der Waals surface area contributed by atoms with Crippen LogP contribution in [0.15, 0.2) is 24.3 Å². The van der Waals surface area contributed by atoms with Gasteiger partial charge in [-0.15, -0.1) is 0 Å². The van der Waals surface area contributed by atoms with E-state index in [4.69, 9.17) is 4.74 Å². The lowest BCUT2D eigenvalue weighted by atomic mass is 10.0. The molecular weight excluding hydrogens is 250 g/mol. The third-order valence-electron chi connectivity index (χ3n) is 3.08. The van der Waals surface area contributed by atoms with Crippen LogP contribution in [0.2, 0.25) is 0 Å². The van der Waals surface area contributed by atoms with Crippen molar-refractivity contribution in [1.82, 2.24) is 5.32 Å². The summed E-state index contributed by atoms with van der Waals surface area (Å²) in [6, 6.07) is 7.38. The van der Waals surface area contributed by atoms with E-state index < -0.39 is 9.84 Å². The molecule has 1 aliphatic rings. The fourth-order valence-electron chi connectivity index (χ4n) is 2.43. The maximum Gasteiger partial charge on any atom is 0.153 e. The molecule has 1 saturated heterocycles. The first-order valence-electron chi connectivity index (χ1n) is 5.93. The molecule has 0 bridgehead atoms. The maximum atomic E-state index is 11.9. The van der Waals surface area contributed by atoms with Crippen molar-refractivity contribution >= 4 is 9.84 Å². The number of ether oxygens (including phenoxy) is 1. The number of hydrogen-bond donors (Lipinski definition) is 1. The standard InChI is InChI=1S/C13H19NO3S/c1-13(2)9-18(15,16)8-12(14-13)10-4-6-11(17-3)7-5-10/h4-7,12,14H,8-9H2,1-3H3. The summed E-state index contributed by atoms with van der Waals surface area (Å²) < 4.78 is 28.9. The van der Waals surface area contributed by atoms with Gasteiger partial charge in [-0.05, 0) is 31.5 Å². The van der Waals surface area contributed by atoms with Crippen molar-refractivity contribution < 1.29 is 13.2 Å². The molecule has 1 fully saturated rings. The van der Waals surface area contributed by atoms with Crippen LogP contribution in [0.25, 0.3) is 0 Å². The van der Waals surface area contributed by atoms with Crippen LogP contribution in [0.3, 0.4) is 0 Å². The van der Waals surface area contributed by atoms with Crippen molar-refractivity contribution in [2.24, 2.45) is 0 Å². The molecule has 1 N–H and O–H groups in total. The van der Waals surface area contributed by atoms with Crippen molar-refractivity contribution in [1.29, 1.82) is 0 Å². The van der Waals surface area contributed by atoms with Crippen molar-refractivity contribution in [3.8, 4) is 5.75 Å². The predicted molar refractivity (Wildman–Crippen MR) is 71.6 cm³/mol. The minimum absolute atomic E-state index is 0.148. The molecule has 18 heavy (non-hydrogen) atoms. The Labute approximate surface area is 108 Å². The lowest BCUT2D eigenvalue weighted by molar-refractivity contribution is 0.359. The second kappa shape index (κ2) is 4.55. The minimum Gasteiger partial charge on any atom is -0.497 e. The lowest BCUT2D eigenvalue weighted by Gasteiger charge is -2.37. The van der Waals surface area contributed by atoms with E-state index in [1.54, 1.807) is 7.11 Å². The molecule has 1 aromatic carbocycles. The molecule has 2 rings (SSSR count). The van der Waals surface area contributed by atoms with Crippen molar-refractivity contribution in [3.63, 3.8) is 0 Å². The van der Waals surface area contributed by atoms with E-state index in [-0.39, 0.29) is 23.1 Å². The Morgan fingerprint density at radius 1 is 1.28 bits per heavy atom. The average Bonchev–Trinajstić information content (AvgIpc) is 2.25. The zero-order valence-electron chi connectivity index (χ0n) is 10.9. The van der Waals surface area contributed by atoms with Gasteiger partial charge >= 0.3 is 0 Å². The average molecular weight is 269 g/mol. The Morgan fingerprint density at radius 3 is 2.39 bits per heavy atom. The molecule has 0 saturated carbocycles. The Morgan fingerprint density at radius 2 is 1.89 bits per heavy atom. The first kappa shape index (κ1) is 13.4. The highest BCUT2D eigenvalue weighted by atomic mass is 32.2. The largest absolute Gasteiger partial charge is 0.497 e. The van der Waals surface area contributed by atoms with Gasteiger partial charge in [0.15, 0.2) is 9.84 Å². The molecule has 1 unspecified atom stereocenters. The highest BCUT2D eigenvalue weighted by Crippen LogP contribution is 2.26. The van der Waals surface area contributed by atoms with Gasteiger partial charge in [-0.25, -0.2) is 8.42 Å². The summed E-state index contributed by atoms with van der Waals surface area (Å²) in [5.41, 5.74) is 0.592.